The highest BCUT2D eigenvalue weighted by Gasteiger charge is 2.37. The lowest BCUT2D eigenvalue weighted by Crippen LogP contribution is -2.34. The molecule has 5 heterocycles. The van der Waals surface area contributed by atoms with Crippen LogP contribution in [0.2, 0.25) is 0 Å². The van der Waals surface area contributed by atoms with Crippen LogP contribution >= 0.6 is 18.9 Å². The molecule has 0 spiro atoms. The number of aromatic nitrogens is 6. The van der Waals surface area contributed by atoms with Crippen LogP contribution in [0.1, 0.15) is 31.7 Å². The lowest BCUT2D eigenvalue weighted by molar-refractivity contribution is -0.0453. The Labute approximate surface area is 222 Å². The molecule has 0 aliphatic carbocycles. The maximum Gasteiger partial charge on any atom is 0.330 e. The molecule has 38 heavy (non-hydrogen) atoms. The number of nitrogen functional groups attached to an aromatic ring is 1. The molecule has 206 valence electrons. The largest absolute Gasteiger partial charge is 0.390 e. The minimum Gasteiger partial charge on any atom is -0.390 e. The topological polar surface area (TPSA) is 205 Å². The summed E-state index contributed by atoms with van der Waals surface area (Å²) in [6.07, 6.45) is -0.618. The van der Waals surface area contributed by atoms with Crippen molar-refractivity contribution in [2.24, 2.45) is 0 Å². The Morgan fingerprint density at radius 3 is 2.76 bits per heavy atom. The van der Waals surface area contributed by atoms with Crippen molar-refractivity contribution in [3.8, 4) is 0 Å². The number of hydrogen-bond acceptors (Lipinski definition) is 12. The van der Waals surface area contributed by atoms with Crippen molar-refractivity contribution < 1.29 is 32.9 Å². The third kappa shape index (κ3) is 5.63. The summed E-state index contributed by atoms with van der Waals surface area (Å²) in [7, 11) is 0. The summed E-state index contributed by atoms with van der Waals surface area (Å²) < 4.78 is 38.7. The van der Waals surface area contributed by atoms with Crippen LogP contribution in [0.4, 0.5) is 10.3 Å². The fourth-order valence-corrected chi connectivity index (χ4v) is 5.64. The third-order valence-electron chi connectivity index (χ3n) is 6.11. The molecule has 3 aromatic heterocycles. The van der Waals surface area contributed by atoms with Gasteiger partial charge in [-0.1, -0.05) is 12.2 Å². The van der Waals surface area contributed by atoms with Gasteiger partial charge in [-0.15, -0.1) is 0 Å². The number of imidazole rings is 1. The molecule has 2 fully saturated rings. The van der Waals surface area contributed by atoms with Gasteiger partial charge in [-0.3, -0.25) is 18.9 Å². The van der Waals surface area contributed by atoms with E-state index in [0.717, 1.165) is 10.8 Å². The van der Waals surface area contributed by atoms with Crippen LogP contribution in [-0.2, 0) is 30.3 Å². The van der Waals surface area contributed by atoms with Gasteiger partial charge >= 0.3 is 12.4 Å². The van der Waals surface area contributed by atoms with Crippen LogP contribution in [-0.4, -0.2) is 70.6 Å². The second-order valence-electron chi connectivity index (χ2n) is 8.70. The first-order valence-corrected chi connectivity index (χ1v) is 14.3. The molecule has 0 saturated carbocycles. The molecule has 0 bridgehead atoms. The van der Waals surface area contributed by atoms with E-state index in [9.17, 15) is 24.0 Å². The Balaban J connectivity index is 1.14. The first-order chi connectivity index (χ1) is 18.0. The molecule has 0 aromatic carbocycles. The highest BCUT2D eigenvalue weighted by atomic mass is 32.5. The molecule has 5 rings (SSSR count). The van der Waals surface area contributed by atoms with E-state index in [1.54, 1.807) is 4.57 Å². The van der Waals surface area contributed by atoms with E-state index in [0.29, 0.717) is 28.6 Å². The monoisotopic (exact) mass is 591 g/mol. The summed E-state index contributed by atoms with van der Waals surface area (Å²) in [5.41, 5.74) is 4.64. The molecule has 3 aromatic rings. The van der Waals surface area contributed by atoms with Crippen LogP contribution in [0.25, 0.3) is 11.2 Å². The van der Waals surface area contributed by atoms with E-state index >= 15 is 0 Å². The third-order valence-corrected chi connectivity index (χ3v) is 7.99. The number of anilines is 1. The average molecular weight is 592 g/mol. The van der Waals surface area contributed by atoms with Gasteiger partial charge < -0.3 is 39.2 Å². The maximum atomic E-state index is 13.6. The molecule has 2 aliphatic rings. The van der Waals surface area contributed by atoms with Crippen molar-refractivity contribution in [2.45, 2.75) is 50.0 Å². The van der Waals surface area contributed by atoms with Crippen LogP contribution in [0.15, 0.2) is 22.1 Å². The van der Waals surface area contributed by atoms with Crippen LogP contribution in [0, 0.1) is 10.5 Å². The summed E-state index contributed by atoms with van der Waals surface area (Å²) in [5, 5.41) is 10.5. The summed E-state index contributed by atoms with van der Waals surface area (Å²) >= 11 is 10.3. The fourth-order valence-electron chi connectivity index (χ4n) is 4.26. The summed E-state index contributed by atoms with van der Waals surface area (Å²) in [6.45, 7) is -4.16. The highest BCUT2D eigenvalue weighted by molar-refractivity contribution is 8.07. The minimum atomic E-state index is -3.75. The van der Waals surface area contributed by atoms with Gasteiger partial charge in [-0.2, -0.15) is 9.37 Å². The first-order valence-electron chi connectivity index (χ1n) is 11.3. The van der Waals surface area contributed by atoms with Gasteiger partial charge in [0.2, 0.25) is 11.8 Å². The Morgan fingerprint density at radius 2 is 1.97 bits per heavy atom. The molecule has 0 radical (unpaired) electrons. The van der Waals surface area contributed by atoms with Crippen molar-refractivity contribution in [2.75, 3.05) is 18.9 Å². The van der Waals surface area contributed by atoms with Crippen molar-refractivity contribution in [3.05, 3.63) is 43.8 Å². The molecule has 2 saturated heterocycles. The number of rotatable bonds is 8. The molecule has 6 N–H and O–H groups in total. The number of nitrogens with two attached hydrogens (primary N) is 1. The van der Waals surface area contributed by atoms with Gasteiger partial charge in [0.05, 0.1) is 37.9 Å². The maximum absolute atomic E-state index is 13.6. The molecule has 0 amide bonds. The SMILES string of the molecule is Nc1nc2c(ncn2[C@H]2C[C@@H](O)[C@@H](COP(O)(=S)OC[C@@H]3CC[C@H](n4cc(F)c(=O)[nH]c4=O)O3)O2)c(=S)[nH]1. The van der Waals surface area contributed by atoms with Crippen LogP contribution in [0.3, 0.4) is 0 Å². The summed E-state index contributed by atoms with van der Waals surface area (Å²) in [5.74, 6) is -1.01. The zero-order valence-electron chi connectivity index (χ0n) is 19.4. The quantitative estimate of drug-likeness (QED) is 0.177. The Kier molecular flexibility index (Phi) is 7.60. The number of halogens is 1. The van der Waals surface area contributed by atoms with Gasteiger partial charge in [-0.05, 0) is 24.6 Å². The van der Waals surface area contributed by atoms with Gasteiger partial charge in [0, 0.05) is 6.42 Å². The van der Waals surface area contributed by atoms with E-state index in [1.807, 2.05) is 4.98 Å². The van der Waals surface area contributed by atoms with Gasteiger partial charge in [0.25, 0.3) is 5.56 Å². The van der Waals surface area contributed by atoms with Crippen molar-refractivity contribution >= 4 is 47.9 Å². The normalized spacial score (nSPS) is 27.2. The van der Waals surface area contributed by atoms with Crippen LogP contribution in [0.5, 0.6) is 0 Å². The smallest absolute Gasteiger partial charge is 0.330 e. The van der Waals surface area contributed by atoms with Crippen molar-refractivity contribution in [1.82, 2.24) is 29.1 Å². The molecule has 19 heteroatoms. The van der Waals surface area contributed by atoms with E-state index in [2.05, 4.69) is 15.0 Å². The number of aromatic amines is 2. The van der Waals surface area contributed by atoms with Crippen molar-refractivity contribution in [1.29, 1.82) is 0 Å². The predicted octanol–water partition coefficient (Wildman–Crippen LogP) is 0.336. The molecule has 6 atom stereocenters. The second kappa shape index (κ2) is 10.6. The zero-order valence-corrected chi connectivity index (χ0v) is 22.0. The van der Waals surface area contributed by atoms with Gasteiger partial charge in [-0.25, -0.2) is 9.78 Å². The number of nitrogens with one attached hydrogen (secondary N) is 2. The number of hydrogen-bond donors (Lipinski definition) is 5. The summed E-state index contributed by atoms with van der Waals surface area (Å²) in [6, 6.07) is 0. The number of ether oxygens (including phenoxy) is 2. The Hall–Kier alpha value is -2.41. The Bertz CT molecular complexity index is 1580. The number of fused-ring (bicyclic) bond motifs is 1. The van der Waals surface area contributed by atoms with Crippen LogP contribution < -0.4 is 17.0 Å². The van der Waals surface area contributed by atoms with E-state index < -0.39 is 54.6 Å². The van der Waals surface area contributed by atoms with Crippen molar-refractivity contribution in [3.63, 3.8) is 0 Å². The van der Waals surface area contributed by atoms with Gasteiger partial charge in [0.15, 0.2) is 5.65 Å². The second-order valence-corrected chi connectivity index (χ2v) is 11.9. The standard InChI is InChI=1S/C19H23FN7O8PS2/c20-9-4-26(19(30)24-16(9)29)12-2-1-8(34-12)5-32-36(31,38)33-6-11-10(28)3-13(35-11)27-7-22-14-15(27)23-18(21)25-17(14)37/h4,7-8,10-13,28H,1-3,5-6H2,(H,31,38)(H,24,29,30)(H3,21,23,25,37)/t8-,10+,11+,12+,13+,36?/m0/s1. The lowest BCUT2D eigenvalue weighted by Gasteiger charge is -2.22. The molecule has 15 nitrogen and oxygen atoms in total. The zero-order chi connectivity index (χ0) is 27.2. The Morgan fingerprint density at radius 1 is 1.21 bits per heavy atom. The molecular formula is C19H23FN7O8PS2. The molecular weight excluding hydrogens is 568 g/mol. The fraction of sp³-hybridized carbons (Fsp3) is 0.526. The van der Waals surface area contributed by atoms with Gasteiger partial charge in [0.1, 0.15) is 28.7 Å². The minimum absolute atomic E-state index is 0.108. The molecule has 1 unspecified atom stereocenters. The summed E-state index contributed by atoms with van der Waals surface area (Å²) in [4.78, 5) is 46.6. The highest BCUT2D eigenvalue weighted by Crippen LogP contribution is 2.46. The average Bonchev–Trinajstić information content (AvgIpc) is 3.57. The number of nitrogens with zero attached hydrogens (tertiary/aromatic N) is 4. The van der Waals surface area contributed by atoms with E-state index in [4.69, 9.17) is 48.3 Å². The lowest BCUT2D eigenvalue weighted by atomic mass is 10.2. The first kappa shape index (κ1) is 27.2. The predicted molar refractivity (Wildman–Crippen MR) is 134 cm³/mol. The molecule has 2 aliphatic heterocycles. The number of aliphatic hydroxyl groups excluding tert-OH is 1. The number of H-pyrrole nitrogens is 2. The van der Waals surface area contributed by atoms with E-state index in [1.165, 1.54) is 6.33 Å². The van der Waals surface area contributed by atoms with E-state index in [-0.39, 0.29) is 25.6 Å². The number of aliphatic hydroxyl groups is 1.